The Morgan fingerprint density at radius 3 is 1.89 bits per heavy atom. The Morgan fingerprint density at radius 2 is 1.53 bits per heavy atom. The van der Waals surface area contributed by atoms with Crippen LogP contribution in [0.15, 0.2) is 0 Å². The second kappa shape index (κ2) is 8.23. The van der Waals surface area contributed by atoms with Crippen LogP contribution in [0, 0.1) is 0 Å². The Morgan fingerprint density at radius 1 is 0.947 bits per heavy atom. The highest BCUT2D eigenvalue weighted by Gasteiger charge is 2.32. The van der Waals surface area contributed by atoms with Crippen molar-refractivity contribution in [3.05, 3.63) is 0 Å². The molecular weight excluding hydrogens is 256 g/mol. The summed E-state index contributed by atoms with van der Waals surface area (Å²) in [5.41, 5.74) is 0. The summed E-state index contributed by atoms with van der Waals surface area (Å²) in [4.78, 5) is 44.4. The molecule has 0 aliphatic rings. The van der Waals surface area contributed by atoms with Crippen molar-refractivity contribution in [1.82, 2.24) is 0 Å². The minimum atomic E-state index is -1.28. The van der Waals surface area contributed by atoms with E-state index in [0.29, 0.717) is 0 Å². The Labute approximate surface area is 111 Å². The molecule has 0 aromatic rings. The van der Waals surface area contributed by atoms with Gasteiger partial charge in [0.25, 0.3) is 0 Å². The average molecular weight is 274 g/mol. The fourth-order valence-corrected chi connectivity index (χ4v) is 1.24. The normalized spacial score (nSPS) is 13.1. The highest BCUT2D eigenvalue weighted by Crippen LogP contribution is 2.09. The first-order valence-corrected chi connectivity index (χ1v) is 5.78. The van der Waals surface area contributed by atoms with E-state index in [1.807, 2.05) is 0 Å². The number of esters is 3. The van der Waals surface area contributed by atoms with Crippen LogP contribution in [-0.2, 0) is 33.4 Å². The first kappa shape index (κ1) is 17.1. The van der Waals surface area contributed by atoms with Gasteiger partial charge in [-0.15, -0.1) is 0 Å². The SMILES string of the molecule is CCC(=O)O[C@H](C(C)=O)[C@H](COC(C)=O)OC(C)=O. The molecule has 2 atom stereocenters. The van der Waals surface area contributed by atoms with E-state index < -0.39 is 35.9 Å². The fourth-order valence-electron chi connectivity index (χ4n) is 1.24. The Kier molecular flexibility index (Phi) is 7.40. The lowest BCUT2D eigenvalue weighted by Crippen LogP contribution is -2.43. The molecule has 108 valence electrons. The predicted octanol–water partition coefficient (Wildman–Crippen LogP) is 0.392. The van der Waals surface area contributed by atoms with Crippen LogP contribution in [0.2, 0.25) is 0 Å². The van der Waals surface area contributed by atoms with Crippen molar-refractivity contribution in [3.8, 4) is 0 Å². The van der Waals surface area contributed by atoms with Crippen LogP contribution in [0.25, 0.3) is 0 Å². The van der Waals surface area contributed by atoms with Crippen molar-refractivity contribution in [2.45, 2.75) is 46.3 Å². The molecule has 0 bridgehead atoms. The van der Waals surface area contributed by atoms with Crippen molar-refractivity contribution in [2.24, 2.45) is 0 Å². The van der Waals surface area contributed by atoms with Crippen molar-refractivity contribution in [1.29, 1.82) is 0 Å². The average Bonchev–Trinajstić information content (AvgIpc) is 2.30. The number of rotatable bonds is 7. The van der Waals surface area contributed by atoms with E-state index in [1.54, 1.807) is 6.92 Å². The lowest BCUT2D eigenvalue weighted by molar-refractivity contribution is -0.176. The van der Waals surface area contributed by atoms with Crippen LogP contribution < -0.4 is 0 Å². The molecule has 0 saturated carbocycles. The summed E-state index contributed by atoms with van der Waals surface area (Å²) in [6.07, 6.45) is -2.35. The number of carbonyl (C=O) groups is 4. The predicted molar refractivity (Wildman–Crippen MR) is 63.0 cm³/mol. The molecule has 0 heterocycles. The molecule has 0 aliphatic heterocycles. The zero-order valence-corrected chi connectivity index (χ0v) is 11.4. The van der Waals surface area contributed by atoms with Gasteiger partial charge in [-0.1, -0.05) is 6.92 Å². The molecule has 19 heavy (non-hydrogen) atoms. The molecule has 7 heteroatoms. The van der Waals surface area contributed by atoms with E-state index in [2.05, 4.69) is 0 Å². The summed E-state index contributed by atoms with van der Waals surface area (Å²) in [6, 6.07) is 0. The third kappa shape index (κ3) is 7.17. The van der Waals surface area contributed by atoms with Crippen LogP contribution in [0.3, 0.4) is 0 Å². The van der Waals surface area contributed by atoms with Crippen molar-refractivity contribution >= 4 is 23.7 Å². The second-order valence-corrected chi connectivity index (χ2v) is 3.83. The van der Waals surface area contributed by atoms with Crippen molar-refractivity contribution in [2.75, 3.05) is 6.61 Å². The van der Waals surface area contributed by atoms with Gasteiger partial charge in [-0.05, 0) is 6.92 Å². The van der Waals surface area contributed by atoms with Gasteiger partial charge in [0.05, 0.1) is 0 Å². The molecule has 0 amide bonds. The summed E-state index contributed by atoms with van der Waals surface area (Å²) in [5.74, 6) is -2.38. The van der Waals surface area contributed by atoms with E-state index in [9.17, 15) is 19.2 Å². The monoisotopic (exact) mass is 274 g/mol. The van der Waals surface area contributed by atoms with Gasteiger partial charge in [0.15, 0.2) is 18.0 Å². The van der Waals surface area contributed by atoms with Crippen LogP contribution >= 0.6 is 0 Å². The van der Waals surface area contributed by atoms with Crippen molar-refractivity contribution in [3.63, 3.8) is 0 Å². The van der Waals surface area contributed by atoms with Crippen LogP contribution in [0.5, 0.6) is 0 Å². The summed E-state index contributed by atoms with van der Waals surface area (Å²) in [6.45, 7) is 4.71. The Hall–Kier alpha value is -1.92. The summed E-state index contributed by atoms with van der Waals surface area (Å²) in [5, 5.41) is 0. The largest absolute Gasteiger partial charge is 0.462 e. The molecule has 0 fully saturated rings. The van der Waals surface area contributed by atoms with Crippen LogP contribution in [-0.4, -0.2) is 42.5 Å². The highest BCUT2D eigenvalue weighted by atomic mass is 16.6. The lowest BCUT2D eigenvalue weighted by Gasteiger charge is -2.24. The minimum absolute atomic E-state index is 0.0735. The number of hydrogen-bond donors (Lipinski definition) is 0. The van der Waals surface area contributed by atoms with Gasteiger partial charge >= 0.3 is 17.9 Å². The lowest BCUT2D eigenvalue weighted by atomic mass is 10.1. The fraction of sp³-hybridized carbons (Fsp3) is 0.667. The number of ketones is 1. The van der Waals surface area contributed by atoms with Crippen LogP contribution in [0.4, 0.5) is 0 Å². The van der Waals surface area contributed by atoms with E-state index >= 15 is 0 Å². The molecule has 7 nitrogen and oxygen atoms in total. The first-order valence-electron chi connectivity index (χ1n) is 5.78. The summed E-state index contributed by atoms with van der Waals surface area (Å²) >= 11 is 0. The van der Waals surface area contributed by atoms with Crippen molar-refractivity contribution < 1.29 is 33.4 Å². The molecule has 0 N–H and O–H groups in total. The molecule has 0 unspecified atom stereocenters. The molecule has 0 saturated heterocycles. The van der Waals surface area contributed by atoms with Gasteiger partial charge in [0, 0.05) is 20.3 Å². The topological polar surface area (TPSA) is 96.0 Å². The van der Waals surface area contributed by atoms with Gasteiger partial charge < -0.3 is 14.2 Å². The summed E-state index contributed by atoms with van der Waals surface area (Å²) < 4.78 is 14.4. The molecule has 0 aliphatic carbocycles. The van der Waals surface area contributed by atoms with Crippen LogP contribution in [0.1, 0.15) is 34.1 Å². The third-order valence-electron chi connectivity index (χ3n) is 2.05. The quantitative estimate of drug-likeness (QED) is 0.489. The number of ether oxygens (including phenoxy) is 3. The first-order chi connectivity index (χ1) is 8.77. The van der Waals surface area contributed by atoms with Gasteiger partial charge in [-0.25, -0.2) is 0 Å². The smallest absolute Gasteiger partial charge is 0.306 e. The maximum absolute atomic E-state index is 11.5. The molecular formula is C12H18O7. The number of hydrogen-bond acceptors (Lipinski definition) is 7. The molecule has 0 aromatic heterocycles. The van der Waals surface area contributed by atoms with E-state index in [4.69, 9.17) is 14.2 Å². The number of Topliss-reactive ketones (excluding diaryl/α,β-unsaturated/α-hetero) is 1. The minimum Gasteiger partial charge on any atom is -0.462 e. The molecule has 0 rings (SSSR count). The molecule has 0 spiro atoms. The highest BCUT2D eigenvalue weighted by molar-refractivity contribution is 5.84. The zero-order chi connectivity index (χ0) is 15.0. The van der Waals surface area contributed by atoms with Gasteiger partial charge in [-0.2, -0.15) is 0 Å². The summed E-state index contributed by atoms with van der Waals surface area (Å²) in [7, 11) is 0. The Bertz CT molecular complexity index is 361. The van der Waals surface area contributed by atoms with Gasteiger partial charge in [0.2, 0.25) is 0 Å². The van der Waals surface area contributed by atoms with E-state index in [0.717, 1.165) is 6.92 Å². The Balaban J connectivity index is 4.89. The molecule has 0 aromatic carbocycles. The standard InChI is InChI=1S/C12H18O7/c1-5-11(16)19-12(7(2)13)10(18-9(4)15)6-17-8(3)14/h10,12H,5-6H2,1-4H3/t10-,12+/m0/s1. The zero-order valence-electron chi connectivity index (χ0n) is 11.4. The van der Waals surface area contributed by atoms with Gasteiger partial charge in [-0.3, -0.25) is 19.2 Å². The van der Waals surface area contributed by atoms with E-state index in [1.165, 1.54) is 13.8 Å². The maximum Gasteiger partial charge on any atom is 0.306 e. The third-order valence-corrected chi connectivity index (χ3v) is 2.05. The maximum atomic E-state index is 11.5. The van der Waals surface area contributed by atoms with E-state index in [-0.39, 0.29) is 13.0 Å². The number of carbonyl (C=O) groups excluding carboxylic acids is 4. The van der Waals surface area contributed by atoms with Gasteiger partial charge in [0.1, 0.15) is 6.61 Å². The second-order valence-electron chi connectivity index (χ2n) is 3.83. The molecule has 0 radical (unpaired) electrons.